The first-order valence-corrected chi connectivity index (χ1v) is 6.96. The molecular formula is C14H10ClN3S. The number of aromatic nitrogens is 2. The lowest BCUT2D eigenvalue weighted by atomic mass is 10.2. The minimum Gasteiger partial charge on any atom is -0.316 e. The van der Waals surface area contributed by atoms with E-state index in [-0.39, 0.29) is 0 Å². The summed E-state index contributed by atoms with van der Waals surface area (Å²) in [7, 11) is 0. The van der Waals surface area contributed by atoms with Gasteiger partial charge in [0.25, 0.3) is 0 Å². The van der Waals surface area contributed by atoms with Crippen LogP contribution in [0.25, 0.3) is 11.3 Å². The molecule has 1 N–H and O–H groups in total. The zero-order chi connectivity index (χ0) is 13.1. The number of halogens is 1. The quantitative estimate of drug-likeness (QED) is 0.765. The van der Waals surface area contributed by atoms with Crippen LogP contribution in [0.5, 0.6) is 0 Å². The highest BCUT2D eigenvalue weighted by molar-refractivity contribution is 7.14. The average Bonchev–Trinajstić information content (AvgIpc) is 2.89. The maximum absolute atomic E-state index is 5.87. The third-order valence-electron chi connectivity index (χ3n) is 2.54. The summed E-state index contributed by atoms with van der Waals surface area (Å²) in [5, 5.41) is 6.73. The van der Waals surface area contributed by atoms with Gasteiger partial charge in [0.05, 0.1) is 5.69 Å². The Labute approximate surface area is 119 Å². The molecule has 0 aliphatic rings. The maximum Gasteiger partial charge on any atom is 0.188 e. The highest BCUT2D eigenvalue weighted by atomic mass is 35.5. The molecule has 5 heteroatoms. The molecule has 0 spiro atoms. The molecular weight excluding hydrogens is 278 g/mol. The van der Waals surface area contributed by atoms with Gasteiger partial charge in [-0.15, -0.1) is 11.3 Å². The lowest BCUT2D eigenvalue weighted by Gasteiger charge is -2.00. The van der Waals surface area contributed by atoms with Gasteiger partial charge in [0, 0.05) is 22.2 Å². The number of nitrogens with zero attached hydrogens (tertiary/aromatic N) is 2. The Morgan fingerprint density at radius 1 is 1.05 bits per heavy atom. The molecule has 2 heterocycles. The summed E-state index contributed by atoms with van der Waals surface area (Å²) >= 11 is 7.42. The first-order chi connectivity index (χ1) is 9.31. The number of hydrogen-bond donors (Lipinski definition) is 1. The van der Waals surface area contributed by atoms with Crippen molar-refractivity contribution in [1.82, 2.24) is 9.97 Å². The lowest BCUT2D eigenvalue weighted by Crippen LogP contribution is -1.91. The summed E-state index contributed by atoms with van der Waals surface area (Å²) in [5.41, 5.74) is 1.98. The van der Waals surface area contributed by atoms with Crippen LogP contribution in [-0.2, 0) is 0 Å². The largest absolute Gasteiger partial charge is 0.316 e. The van der Waals surface area contributed by atoms with Crippen molar-refractivity contribution < 1.29 is 0 Å². The first-order valence-electron chi connectivity index (χ1n) is 5.71. The van der Waals surface area contributed by atoms with Crippen molar-refractivity contribution in [2.75, 3.05) is 5.32 Å². The van der Waals surface area contributed by atoms with Gasteiger partial charge in [0.15, 0.2) is 5.13 Å². The van der Waals surface area contributed by atoms with Gasteiger partial charge in [0.1, 0.15) is 5.82 Å². The Bertz CT molecular complexity index is 665. The average molecular weight is 288 g/mol. The van der Waals surface area contributed by atoms with Gasteiger partial charge < -0.3 is 5.32 Å². The van der Waals surface area contributed by atoms with Gasteiger partial charge in [-0.25, -0.2) is 9.97 Å². The lowest BCUT2D eigenvalue weighted by molar-refractivity contribution is 1.29. The van der Waals surface area contributed by atoms with Crippen LogP contribution >= 0.6 is 22.9 Å². The fourth-order valence-corrected chi connectivity index (χ4v) is 2.48. The Morgan fingerprint density at radius 3 is 2.63 bits per heavy atom. The fourth-order valence-electron chi connectivity index (χ4n) is 1.63. The van der Waals surface area contributed by atoms with Gasteiger partial charge in [-0.2, -0.15) is 0 Å². The third-order valence-corrected chi connectivity index (χ3v) is 3.55. The summed E-state index contributed by atoms with van der Waals surface area (Å²) in [4.78, 5) is 8.74. The van der Waals surface area contributed by atoms with Gasteiger partial charge in [-0.1, -0.05) is 29.8 Å². The van der Waals surface area contributed by atoms with Crippen molar-refractivity contribution in [3.05, 3.63) is 59.1 Å². The second-order valence-corrected chi connectivity index (χ2v) is 5.18. The molecule has 0 saturated heterocycles. The summed E-state index contributed by atoms with van der Waals surface area (Å²) in [5.74, 6) is 0.791. The first kappa shape index (κ1) is 12.1. The van der Waals surface area contributed by atoms with E-state index in [9.17, 15) is 0 Å². The smallest absolute Gasteiger partial charge is 0.188 e. The highest BCUT2D eigenvalue weighted by Gasteiger charge is 2.05. The van der Waals surface area contributed by atoms with Crippen LogP contribution in [0, 0.1) is 0 Å². The minimum absolute atomic E-state index is 0.728. The van der Waals surface area contributed by atoms with E-state index in [2.05, 4.69) is 15.3 Å². The minimum atomic E-state index is 0.728. The van der Waals surface area contributed by atoms with Crippen LogP contribution in [0.4, 0.5) is 10.9 Å². The van der Waals surface area contributed by atoms with Gasteiger partial charge in [-0.3, -0.25) is 0 Å². The maximum atomic E-state index is 5.87. The van der Waals surface area contributed by atoms with E-state index >= 15 is 0 Å². The number of nitrogens with one attached hydrogen (secondary N) is 1. The summed E-state index contributed by atoms with van der Waals surface area (Å²) in [6, 6.07) is 13.4. The SMILES string of the molecule is Clc1ccc(-c2csc(Nc3ccccn3)n2)cc1. The molecule has 0 atom stereocenters. The van der Waals surface area contributed by atoms with Crippen LogP contribution in [-0.4, -0.2) is 9.97 Å². The van der Waals surface area contributed by atoms with E-state index in [0.717, 1.165) is 27.2 Å². The molecule has 0 aliphatic carbocycles. The zero-order valence-corrected chi connectivity index (χ0v) is 11.4. The van der Waals surface area contributed by atoms with Crippen LogP contribution in [0.3, 0.4) is 0 Å². The Balaban J connectivity index is 1.82. The van der Waals surface area contributed by atoms with Crippen molar-refractivity contribution in [3.63, 3.8) is 0 Å². The van der Waals surface area contributed by atoms with Crippen LogP contribution in [0.1, 0.15) is 0 Å². The molecule has 0 aliphatic heterocycles. The van der Waals surface area contributed by atoms with Crippen LogP contribution in [0.2, 0.25) is 5.02 Å². The van der Waals surface area contributed by atoms with Gasteiger partial charge in [0.2, 0.25) is 0 Å². The van der Waals surface area contributed by atoms with Crippen molar-refractivity contribution >= 4 is 33.9 Å². The predicted octanol–water partition coefficient (Wildman–Crippen LogP) is 4.60. The van der Waals surface area contributed by atoms with Crippen LogP contribution in [0.15, 0.2) is 54.0 Å². The van der Waals surface area contributed by atoms with Gasteiger partial charge >= 0.3 is 0 Å². The van der Waals surface area contributed by atoms with E-state index in [1.807, 2.05) is 47.8 Å². The summed E-state index contributed by atoms with van der Waals surface area (Å²) < 4.78 is 0. The van der Waals surface area contributed by atoms with E-state index in [1.165, 1.54) is 0 Å². The molecule has 0 saturated carbocycles. The van der Waals surface area contributed by atoms with Crippen molar-refractivity contribution in [3.8, 4) is 11.3 Å². The second kappa shape index (κ2) is 5.38. The van der Waals surface area contributed by atoms with Crippen molar-refractivity contribution in [2.45, 2.75) is 0 Å². The Morgan fingerprint density at radius 2 is 1.89 bits per heavy atom. The topological polar surface area (TPSA) is 37.8 Å². The molecule has 94 valence electrons. The van der Waals surface area contributed by atoms with E-state index in [4.69, 9.17) is 11.6 Å². The number of hydrogen-bond acceptors (Lipinski definition) is 4. The highest BCUT2D eigenvalue weighted by Crippen LogP contribution is 2.27. The Hall–Kier alpha value is -1.91. The number of pyridine rings is 1. The second-order valence-electron chi connectivity index (χ2n) is 3.88. The molecule has 2 aromatic heterocycles. The molecule has 19 heavy (non-hydrogen) atoms. The molecule has 0 fully saturated rings. The van der Waals surface area contributed by atoms with Crippen molar-refractivity contribution in [1.29, 1.82) is 0 Å². The standard InChI is InChI=1S/C14H10ClN3S/c15-11-6-4-10(5-7-11)12-9-19-14(17-12)18-13-3-1-2-8-16-13/h1-9H,(H,16,17,18). The molecule has 3 nitrogen and oxygen atoms in total. The van der Waals surface area contributed by atoms with Gasteiger partial charge in [-0.05, 0) is 24.3 Å². The van der Waals surface area contributed by atoms with Crippen molar-refractivity contribution in [2.24, 2.45) is 0 Å². The Kier molecular flexibility index (Phi) is 3.44. The monoisotopic (exact) mass is 287 g/mol. The number of anilines is 2. The fraction of sp³-hybridized carbons (Fsp3) is 0. The summed E-state index contributed by atoms with van der Waals surface area (Å²) in [6.07, 6.45) is 1.75. The molecule has 3 rings (SSSR count). The molecule has 3 aromatic rings. The zero-order valence-electron chi connectivity index (χ0n) is 9.88. The number of rotatable bonds is 3. The molecule has 0 bridgehead atoms. The normalized spacial score (nSPS) is 10.4. The number of benzene rings is 1. The predicted molar refractivity (Wildman–Crippen MR) is 80.1 cm³/mol. The summed E-state index contributed by atoms with van der Waals surface area (Å²) in [6.45, 7) is 0. The van der Waals surface area contributed by atoms with E-state index in [0.29, 0.717) is 0 Å². The molecule has 0 unspecified atom stereocenters. The van der Waals surface area contributed by atoms with E-state index in [1.54, 1.807) is 17.5 Å². The number of thiazole rings is 1. The third kappa shape index (κ3) is 2.92. The molecule has 0 radical (unpaired) electrons. The molecule has 0 amide bonds. The van der Waals surface area contributed by atoms with E-state index < -0.39 is 0 Å². The van der Waals surface area contributed by atoms with Crippen LogP contribution < -0.4 is 5.32 Å². The molecule has 1 aromatic carbocycles.